The van der Waals surface area contributed by atoms with Crippen molar-refractivity contribution in [2.75, 3.05) is 0 Å². The smallest absolute Gasteiger partial charge is 0.216 e. The average molecular weight is 228 g/mol. The van der Waals surface area contributed by atoms with Gasteiger partial charge in [0.2, 0.25) is 15.0 Å². The molecule has 0 fully saturated rings. The predicted octanol–water partition coefficient (Wildman–Crippen LogP) is 2.99. The molecule has 2 nitrogen and oxygen atoms in total. The first-order valence-corrected chi connectivity index (χ1v) is 6.14. The van der Waals surface area contributed by atoms with Crippen molar-refractivity contribution in [1.29, 1.82) is 0 Å². The van der Waals surface area contributed by atoms with Crippen molar-refractivity contribution in [3.8, 4) is 0 Å². The minimum Gasteiger partial charge on any atom is -0.216 e. The van der Waals surface area contributed by atoms with Gasteiger partial charge in [0.05, 0.1) is 4.90 Å². The molecular formula is C11H13FO2S. The van der Waals surface area contributed by atoms with Crippen LogP contribution in [-0.4, -0.2) is 8.42 Å². The molecule has 0 spiro atoms. The van der Waals surface area contributed by atoms with Crippen LogP contribution in [0.25, 0.3) is 0 Å². The van der Waals surface area contributed by atoms with Gasteiger partial charge in [-0.3, -0.25) is 0 Å². The molecule has 4 heteroatoms. The van der Waals surface area contributed by atoms with Gasteiger partial charge in [0.15, 0.2) is 0 Å². The highest BCUT2D eigenvalue weighted by atomic mass is 32.2. The van der Waals surface area contributed by atoms with Crippen LogP contribution in [0.5, 0.6) is 0 Å². The molecule has 0 heterocycles. The number of sulfone groups is 1. The average Bonchev–Trinajstić information content (AvgIpc) is 2.18. The Bertz CT molecular complexity index is 458. The van der Waals surface area contributed by atoms with E-state index in [1.54, 1.807) is 19.1 Å². The summed E-state index contributed by atoms with van der Waals surface area (Å²) in [4.78, 5) is -0.00435. The number of benzene rings is 1. The van der Waals surface area contributed by atoms with Gasteiger partial charge in [0.1, 0.15) is 0 Å². The number of rotatable bonds is 3. The van der Waals surface area contributed by atoms with E-state index < -0.39 is 15.0 Å². The van der Waals surface area contributed by atoms with Crippen LogP contribution in [-0.2, 0) is 9.84 Å². The topological polar surface area (TPSA) is 34.1 Å². The first-order chi connectivity index (χ1) is 6.98. The summed E-state index contributed by atoms with van der Waals surface area (Å²) in [5, 5.41) is -1.08. The summed E-state index contributed by atoms with van der Waals surface area (Å²) in [6.45, 7) is 3.53. The molecule has 1 rings (SSSR count). The molecule has 0 radical (unpaired) electrons. The molecule has 0 unspecified atom stereocenters. The molecule has 0 saturated carbocycles. The molecule has 0 aliphatic carbocycles. The van der Waals surface area contributed by atoms with Gasteiger partial charge in [-0.05, 0) is 31.6 Å². The van der Waals surface area contributed by atoms with Crippen LogP contribution in [0.15, 0.2) is 40.4 Å². The summed E-state index contributed by atoms with van der Waals surface area (Å²) >= 11 is 0. The summed E-state index contributed by atoms with van der Waals surface area (Å²) in [7, 11) is -3.92. The maximum absolute atomic E-state index is 13.2. The van der Waals surface area contributed by atoms with Crippen LogP contribution in [0.1, 0.15) is 18.9 Å². The highest BCUT2D eigenvalue weighted by molar-refractivity contribution is 7.95. The molecule has 15 heavy (non-hydrogen) atoms. The van der Waals surface area contributed by atoms with E-state index in [4.69, 9.17) is 0 Å². The molecule has 0 bridgehead atoms. The Morgan fingerprint density at radius 1 is 1.33 bits per heavy atom. The lowest BCUT2D eigenvalue weighted by Crippen LogP contribution is -2.01. The van der Waals surface area contributed by atoms with Crippen molar-refractivity contribution in [3.05, 3.63) is 41.1 Å². The Balaban J connectivity index is 3.18. The summed E-state index contributed by atoms with van der Waals surface area (Å²) in [6.07, 6.45) is 1.42. The van der Waals surface area contributed by atoms with E-state index in [9.17, 15) is 12.8 Å². The predicted molar refractivity (Wildman–Crippen MR) is 57.8 cm³/mol. The molecule has 0 aromatic heterocycles. The van der Waals surface area contributed by atoms with Crippen molar-refractivity contribution in [2.45, 2.75) is 25.2 Å². The standard InChI is InChI=1S/C11H13FO2S/c1-3-4-11(12)15(13,14)10-7-5-9(2)6-8-10/h4-8H,3H2,1-2H3/b11-4+. The van der Waals surface area contributed by atoms with Gasteiger partial charge in [-0.1, -0.05) is 24.6 Å². The van der Waals surface area contributed by atoms with Gasteiger partial charge in [-0.15, -0.1) is 0 Å². The minimum atomic E-state index is -3.92. The third-order valence-corrected chi connectivity index (χ3v) is 3.53. The molecule has 0 saturated heterocycles. The third-order valence-electron chi connectivity index (χ3n) is 1.95. The van der Waals surface area contributed by atoms with Gasteiger partial charge >= 0.3 is 0 Å². The van der Waals surface area contributed by atoms with E-state index in [0.717, 1.165) is 11.6 Å². The molecular weight excluding hydrogens is 215 g/mol. The van der Waals surface area contributed by atoms with E-state index >= 15 is 0 Å². The van der Waals surface area contributed by atoms with Crippen LogP contribution < -0.4 is 0 Å². The maximum atomic E-state index is 13.2. The van der Waals surface area contributed by atoms with Gasteiger partial charge in [-0.2, -0.15) is 4.39 Å². The van der Waals surface area contributed by atoms with Crippen LogP contribution in [0.2, 0.25) is 0 Å². The SMILES string of the molecule is CC/C=C(\F)S(=O)(=O)c1ccc(C)cc1. The second kappa shape index (κ2) is 4.57. The van der Waals surface area contributed by atoms with Gasteiger partial charge in [0.25, 0.3) is 0 Å². The zero-order valence-corrected chi connectivity index (χ0v) is 9.51. The van der Waals surface area contributed by atoms with E-state index in [1.165, 1.54) is 12.1 Å². The quantitative estimate of drug-likeness (QED) is 0.797. The minimum absolute atomic E-state index is 0.00435. The van der Waals surface area contributed by atoms with Crippen LogP contribution in [0.4, 0.5) is 4.39 Å². The van der Waals surface area contributed by atoms with Gasteiger partial charge < -0.3 is 0 Å². The normalized spacial score (nSPS) is 12.9. The van der Waals surface area contributed by atoms with Crippen molar-refractivity contribution in [2.24, 2.45) is 0 Å². The first kappa shape index (κ1) is 11.9. The molecule has 0 atom stereocenters. The molecule has 0 aliphatic rings. The van der Waals surface area contributed by atoms with Crippen molar-refractivity contribution < 1.29 is 12.8 Å². The van der Waals surface area contributed by atoms with E-state index in [0.29, 0.717) is 6.42 Å². The number of aryl methyl sites for hydroxylation is 1. The molecule has 1 aromatic carbocycles. The molecule has 1 aromatic rings. The Morgan fingerprint density at radius 3 is 2.33 bits per heavy atom. The van der Waals surface area contributed by atoms with Crippen molar-refractivity contribution in [1.82, 2.24) is 0 Å². The molecule has 0 aliphatic heterocycles. The highest BCUT2D eigenvalue weighted by Gasteiger charge is 2.19. The van der Waals surface area contributed by atoms with E-state index in [-0.39, 0.29) is 4.90 Å². The lowest BCUT2D eigenvalue weighted by molar-refractivity contribution is 0.576. The summed E-state index contributed by atoms with van der Waals surface area (Å²) in [6, 6.07) is 6.11. The molecule has 0 N–H and O–H groups in total. The summed E-state index contributed by atoms with van der Waals surface area (Å²) < 4.78 is 36.4. The number of allylic oxidation sites excluding steroid dienone is 1. The van der Waals surface area contributed by atoms with Crippen LogP contribution in [0.3, 0.4) is 0 Å². The zero-order valence-electron chi connectivity index (χ0n) is 8.70. The second-order valence-electron chi connectivity index (χ2n) is 3.23. The molecule has 82 valence electrons. The van der Waals surface area contributed by atoms with E-state index in [2.05, 4.69) is 0 Å². The fourth-order valence-electron chi connectivity index (χ4n) is 1.10. The number of halogens is 1. The van der Waals surface area contributed by atoms with Crippen LogP contribution in [0, 0.1) is 6.92 Å². The Hall–Kier alpha value is -1.16. The number of hydrogen-bond acceptors (Lipinski definition) is 2. The monoisotopic (exact) mass is 228 g/mol. The maximum Gasteiger partial charge on any atom is 0.232 e. The van der Waals surface area contributed by atoms with Gasteiger partial charge in [0, 0.05) is 0 Å². The Labute approximate surface area is 89.4 Å². The first-order valence-electron chi connectivity index (χ1n) is 4.66. The lowest BCUT2D eigenvalue weighted by Gasteiger charge is -2.01. The van der Waals surface area contributed by atoms with E-state index in [1.807, 2.05) is 6.92 Å². The van der Waals surface area contributed by atoms with Crippen molar-refractivity contribution >= 4 is 9.84 Å². The summed E-state index contributed by atoms with van der Waals surface area (Å²) in [5.74, 6) is 0. The van der Waals surface area contributed by atoms with Gasteiger partial charge in [-0.25, -0.2) is 8.42 Å². The second-order valence-corrected chi connectivity index (χ2v) is 5.10. The van der Waals surface area contributed by atoms with Crippen molar-refractivity contribution in [3.63, 3.8) is 0 Å². The highest BCUT2D eigenvalue weighted by Crippen LogP contribution is 2.20. The third kappa shape index (κ3) is 2.65. The fraction of sp³-hybridized carbons (Fsp3) is 0.273. The fourth-order valence-corrected chi connectivity index (χ4v) is 2.21. The molecule has 0 amide bonds. The number of hydrogen-bond donors (Lipinski definition) is 0. The summed E-state index contributed by atoms with van der Waals surface area (Å²) in [5.41, 5.74) is 0.939. The van der Waals surface area contributed by atoms with Crippen LogP contribution >= 0.6 is 0 Å². The Morgan fingerprint density at radius 2 is 1.87 bits per heavy atom. The lowest BCUT2D eigenvalue weighted by atomic mass is 10.2. The Kier molecular flexibility index (Phi) is 3.63. The largest absolute Gasteiger partial charge is 0.232 e. The zero-order chi connectivity index (χ0) is 11.5.